The predicted molar refractivity (Wildman–Crippen MR) is 189 cm³/mol. The maximum atomic E-state index is 13.6. The van der Waals surface area contributed by atoms with E-state index < -0.39 is 35.3 Å². The molecule has 2 aliphatic rings. The van der Waals surface area contributed by atoms with Crippen LogP contribution in [-0.2, 0) is 24.7 Å². The normalized spacial score (nSPS) is 20.2. The molecule has 1 aromatic heterocycles. The van der Waals surface area contributed by atoms with Gasteiger partial charge in [-0.3, -0.25) is 39.1 Å². The van der Waals surface area contributed by atoms with E-state index in [1.54, 1.807) is 25.1 Å². The summed E-state index contributed by atoms with van der Waals surface area (Å²) >= 11 is 0. The largest absolute Gasteiger partial charge is 0.384 e. The van der Waals surface area contributed by atoms with Crippen LogP contribution < -0.4 is 16.4 Å². The molecule has 5 amide bonds. The van der Waals surface area contributed by atoms with Crippen molar-refractivity contribution in [3.63, 3.8) is 0 Å². The van der Waals surface area contributed by atoms with E-state index in [2.05, 4.69) is 41.3 Å². The molecule has 0 aliphatic carbocycles. The number of nitrogens with one attached hydrogen (secondary N) is 3. The minimum Gasteiger partial charge on any atom is -0.384 e. The molecule has 13 heteroatoms. The maximum Gasteiger partial charge on any atom is 0.263 e. The SMILES string of the molecule is Cc1cccc(NCCC(C)(C)OCCC(C)(C)N2CCC[C@]2(C)c2nc3c(C(N)=O)cccc3[nH]2)c1C(=O)N(C=O)C1CCC(=O)NC1=O. The number of likely N-dealkylation sites (tertiary alicyclic amines) is 1. The Balaban J connectivity index is 1.20. The number of para-hydroxylation sites is 1. The highest BCUT2D eigenvalue weighted by atomic mass is 16.5. The fourth-order valence-electron chi connectivity index (χ4n) is 7.39. The zero-order valence-electron chi connectivity index (χ0n) is 29.9. The van der Waals surface area contributed by atoms with E-state index in [0.29, 0.717) is 53.9 Å². The number of carbonyl (C=O) groups excluding carboxylic acids is 5. The number of carbonyl (C=O) groups is 5. The maximum absolute atomic E-state index is 13.6. The Morgan fingerprint density at radius 1 is 1.16 bits per heavy atom. The second-order valence-electron chi connectivity index (χ2n) is 14.8. The number of nitrogens with zero attached hydrogens (tertiary/aromatic N) is 3. The van der Waals surface area contributed by atoms with Crippen molar-refractivity contribution >= 4 is 46.8 Å². The first-order valence-electron chi connectivity index (χ1n) is 17.2. The Labute approximate surface area is 292 Å². The fourth-order valence-corrected chi connectivity index (χ4v) is 7.39. The standard InChI is InChI=1S/C37H49N7O6/c1-23-10-7-12-25(29(23)33(49)43(22-45)27-14-15-28(46)41-32(27)48)39-19-17-36(4,5)50-21-18-35(2,3)44-20-9-16-37(44,6)34-40-26-13-8-11-24(31(38)47)30(26)42-34/h7-8,10-13,22,27,39H,9,14-21H2,1-6H3,(H2,38,47)(H,40,42)(H,41,46,48)/t27?,37-/m1/s1. The highest BCUT2D eigenvalue weighted by molar-refractivity contribution is 6.09. The van der Waals surface area contributed by atoms with Crippen LogP contribution in [0.15, 0.2) is 36.4 Å². The average molecular weight is 688 g/mol. The highest BCUT2D eigenvalue weighted by Gasteiger charge is 2.47. The molecule has 13 nitrogen and oxygen atoms in total. The first-order chi connectivity index (χ1) is 23.6. The van der Waals surface area contributed by atoms with Gasteiger partial charge in [0.1, 0.15) is 17.4 Å². The van der Waals surface area contributed by atoms with Crippen LogP contribution in [0.25, 0.3) is 11.0 Å². The molecule has 0 saturated carbocycles. The molecule has 2 aromatic carbocycles. The summed E-state index contributed by atoms with van der Waals surface area (Å²) in [4.78, 5) is 73.5. The van der Waals surface area contributed by atoms with Gasteiger partial charge in [0, 0.05) is 30.8 Å². The minimum atomic E-state index is -1.05. The van der Waals surface area contributed by atoms with Gasteiger partial charge in [0.05, 0.1) is 27.8 Å². The molecule has 50 heavy (non-hydrogen) atoms. The van der Waals surface area contributed by atoms with Gasteiger partial charge in [0.15, 0.2) is 0 Å². The number of piperidine rings is 1. The molecule has 0 spiro atoms. The smallest absolute Gasteiger partial charge is 0.263 e. The van der Waals surface area contributed by atoms with Gasteiger partial charge in [0.2, 0.25) is 18.2 Å². The van der Waals surface area contributed by atoms with Gasteiger partial charge in [-0.25, -0.2) is 4.98 Å². The van der Waals surface area contributed by atoms with Crippen LogP contribution in [0.1, 0.15) is 105 Å². The van der Waals surface area contributed by atoms with Crippen LogP contribution in [0.5, 0.6) is 0 Å². The molecule has 2 aliphatic heterocycles. The molecule has 3 aromatic rings. The van der Waals surface area contributed by atoms with E-state index >= 15 is 0 Å². The van der Waals surface area contributed by atoms with E-state index in [1.807, 2.05) is 32.0 Å². The number of imidazole rings is 1. The lowest BCUT2D eigenvalue weighted by molar-refractivity contribution is -0.139. The van der Waals surface area contributed by atoms with Crippen LogP contribution in [-0.4, -0.2) is 86.7 Å². The summed E-state index contributed by atoms with van der Waals surface area (Å²) in [5.41, 5.74) is 7.84. The number of primary amides is 1. The summed E-state index contributed by atoms with van der Waals surface area (Å²) in [7, 11) is 0. The molecule has 0 bridgehead atoms. The highest BCUT2D eigenvalue weighted by Crippen LogP contribution is 2.43. The van der Waals surface area contributed by atoms with Crippen molar-refractivity contribution in [1.29, 1.82) is 0 Å². The summed E-state index contributed by atoms with van der Waals surface area (Å²) in [6.07, 6.45) is 3.82. The molecule has 2 fully saturated rings. The van der Waals surface area contributed by atoms with Gasteiger partial charge in [-0.1, -0.05) is 18.2 Å². The van der Waals surface area contributed by atoms with E-state index in [1.165, 1.54) is 0 Å². The Morgan fingerprint density at radius 3 is 2.60 bits per heavy atom. The van der Waals surface area contributed by atoms with Crippen molar-refractivity contribution in [2.75, 3.05) is 25.0 Å². The third kappa shape index (κ3) is 7.43. The van der Waals surface area contributed by atoms with E-state index in [9.17, 15) is 24.0 Å². The molecule has 2 atom stereocenters. The van der Waals surface area contributed by atoms with Gasteiger partial charge in [-0.05, 0) is 104 Å². The first-order valence-corrected chi connectivity index (χ1v) is 17.2. The monoisotopic (exact) mass is 687 g/mol. The molecule has 2 saturated heterocycles. The summed E-state index contributed by atoms with van der Waals surface area (Å²) < 4.78 is 6.45. The van der Waals surface area contributed by atoms with Gasteiger partial charge in [-0.2, -0.15) is 0 Å². The lowest BCUT2D eigenvalue weighted by Gasteiger charge is -2.45. The number of benzene rings is 2. The summed E-state index contributed by atoms with van der Waals surface area (Å²) in [6, 6.07) is 9.75. The van der Waals surface area contributed by atoms with Crippen molar-refractivity contribution in [1.82, 2.24) is 25.1 Å². The molecule has 0 radical (unpaired) electrons. The Morgan fingerprint density at radius 2 is 1.90 bits per heavy atom. The lowest BCUT2D eigenvalue weighted by atomic mass is 9.90. The number of anilines is 1. The number of fused-ring (bicyclic) bond motifs is 1. The van der Waals surface area contributed by atoms with Crippen LogP contribution in [0.3, 0.4) is 0 Å². The summed E-state index contributed by atoms with van der Waals surface area (Å²) in [5.74, 6) is -1.36. The van der Waals surface area contributed by atoms with Crippen molar-refractivity contribution in [2.24, 2.45) is 5.73 Å². The number of rotatable bonds is 14. The van der Waals surface area contributed by atoms with E-state index in [0.717, 1.165) is 42.0 Å². The number of imide groups is 2. The molecule has 5 rings (SSSR count). The number of aryl methyl sites for hydroxylation is 1. The number of aromatic amines is 1. The van der Waals surface area contributed by atoms with Crippen LogP contribution in [0, 0.1) is 6.92 Å². The van der Waals surface area contributed by atoms with Gasteiger partial charge < -0.3 is 20.8 Å². The molecular formula is C37H49N7O6. The number of nitrogens with two attached hydrogens (primary N) is 1. The van der Waals surface area contributed by atoms with E-state index in [4.69, 9.17) is 15.5 Å². The van der Waals surface area contributed by atoms with Crippen molar-refractivity contribution < 1.29 is 28.7 Å². The van der Waals surface area contributed by atoms with Crippen LogP contribution in [0.4, 0.5) is 5.69 Å². The summed E-state index contributed by atoms with van der Waals surface area (Å²) in [5, 5.41) is 5.56. The number of amides is 5. The van der Waals surface area contributed by atoms with Gasteiger partial charge in [0.25, 0.3) is 11.8 Å². The number of hydrogen-bond donors (Lipinski definition) is 4. The van der Waals surface area contributed by atoms with Crippen molar-refractivity contribution in [2.45, 2.75) is 103 Å². The first kappa shape index (κ1) is 36.7. The number of hydrogen-bond acceptors (Lipinski definition) is 9. The van der Waals surface area contributed by atoms with Crippen LogP contribution >= 0.6 is 0 Å². The van der Waals surface area contributed by atoms with Crippen LogP contribution in [0.2, 0.25) is 0 Å². The lowest BCUT2D eigenvalue weighted by Crippen LogP contribution is -2.54. The number of ether oxygens (including phenoxy) is 1. The topological polar surface area (TPSA) is 180 Å². The number of H-pyrrole nitrogens is 1. The average Bonchev–Trinajstić information content (AvgIpc) is 3.67. The van der Waals surface area contributed by atoms with Crippen molar-refractivity contribution in [3.05, 3.63) is 58.9 Å². The minimum absolute atomic E-state index is 0.0526. The Bertz CT molecular complexity index is 1800. The molecule has 5 N–H and O–H groups in total. The zero-order chi connectivity index (χ0) is 36.4. The third-order valence-electron chi connectivity index (χ3n) is 10.3. The third-order valence-corrected chi connectivity index (χ3v) is 10.3. The van der Waals surface area contributed by atoms with Crippen molar-refractivity contribution in [3.8, 4) is 0 Å². The van der Waals surface area contributed by atoms with E-state index in [-0.39, 0.29) is 23.9 Å². The second kappa shape index (κ2) is 14.3. The Hall–Kier alpha value is -4.62. The Kier molecular flexibility index (Phi) is 10.5. The quantitative estimate of drug-likeness (QED) is 0.143. The number of aromatic nitrogens is 2. The summed E-state index contributed by atoms with van der Waals surface area (Å²) in [6.45, 7) is 14.4. The second-order valence-corrected chi connectivity index (χ2v) is 14.8. The zero-order valence-corrected chi connectivity index (χ0v) is 29.9. The van der Waals surface area contributed by atoms with Gasteiger partial charge >= 0.3 is 0 Å². The molecule has 3 heterocycles. The molecule has 1 unspecified atom stereocenters. The fraction of sp³-hybridized carbons (Fsp3) is 0.514. The molecular weight excluding hydrogens is 638 g/mol. The predicted octanol–water partition coefficient (Wildman–Crippen LogP) is 4.15. The molecule has 268 valence electrons. The van der Waals surface area contributed by atoms with Gasteiger partial charge in [-0.15, -0.1) is 0 Å².